The second kappa shape index (κ2) is 7.70. The van der Waals surface area contributed by atoms with Gasteiger partial charge in [0, 0.05) is 5.75 Å². The minimum atomic E-state index is 0. The first-order valence-electron chi connectivity index (χ1n) is 5.54. The zero-order valence-electron chi connectivity index (χ0n) is 9.95. The van der Waals surface area contributed by atoms with Crippen LogP contribution in [0.1, 0.15) is 0 Å². The molecular formula is C16H14OTi. The van der Waals surface area contributed by atoms with E-state index in [1.807, 2.05) is 72.8 Å². The Morgan fingerprint density at radius 2 is 1.44 bits per heavy atom. The molecule has 0 aliphatic rings. The third-order valence-corrected chi connectivity index (χ3v) is 2.43. The molecule has 0 atom stereocenters. The van der Waals surface area contributed by atoms with Gasteiger partial charge in [0.25, 0.3) is 0 Å². The van der Waals surface area contributed by atoms with Crippen LogP contribution in [-0.4, -0.2) is 5.11 Å². The van der Waals surface area contributed by atoms with Gasteiger partial charge in [-0.3, -0.25) is 0 Å². The molecule has 3 aromatic carbocycles. The van der Waals surface area contributed by atoms with Gasteiger partial charge < -0.3 is 5.11 Å². The minimum absolute atomic E-state index is 0. The minimum Gasteiger partial charge on any atom is -0.534 e. The van der Waals surface area contributed by atoms with E-state index in [0.717, 1.165) is 11.1 Å². The largest absolute Gasteiger partial charge is 2.00 e. The zero-order valence-corrected chi connectivity index (χ0v) is 11.5. The second-order valence-corrected chi connectivity index (χ2v) is 3.65. The van der Waals surface area contributed by atoms with Gasteiger partial charge in [-0.15, -0.1) is 11.6 Å². The molecule has 0 aromatic heterocycles. The normalized spacial score (nSPS) is 8.89. The van der Waals surface area contributed by atoms with E-state index in [-0.39, 0.29) is 21.7 Å². The summed E-state index contributed by atoms with van der Waals surface area (Å²) in [5.74, 6) is 0.348. The Morgan fingerprint density at radius 3 is 1.89 bits per heavy atom. The first-order valence-corrected chi connectivity index (χ1v) is 5.54. The van der Waals surface area contributed by atoms with Crippen LogP contribution in [0.2, 0.25) is 0 Å². The molecule has 2 heteroatoms. The summed E-state index contributed by atoms with van der Waals surface area (Å²) in [6, 6.07) is 25.3. The SMILES string of the molecule is Oc1[cH-]ccc1-c1ccccc1.[Ti+2].c1cc[cH-]c1. The van der Waals surface area contributed by atoms with Crippen LogP contribution < -0.4 is 0 Å². The Kier molecular flexibility index (Phi) is 6.20. The van der Waals surface area contributed by atoms with Gasteiger partial charge in [-0.05, 0) is 0 Å². The second-order valence-electron chi connectivity index (χ2n) is 3.65. The number of hydrogen-bond acceptors (Lipinski definition) is 1. The maximum absolute atomic E-state index is 9.40. The van der Waals surface area contributed by atoms with Gasteiger partial charge in [-0.1, -0.05) is 35.9 Å². The van der Waals surface area contributed by atoms with Crippen molar-refractivity contribution in [2.75, 3.05) is 0 Å². The molecule has 0 saturated heterocycles. The van der Waals surface area contributed by atoms with Gasteiger partial charge in [0.2, 0.25) is 0 Å². The van der Waals surface area contributed by atoms with Crippen LogP contribution in [0, 0.1) is 0 Å². The number of rotatable bonds is 1. The van der Waals surface area contributed by atoms with Gasteiger partial charge in [0.1, 0.15) is 0 Å². The van der Waals surface area contributed by atoms with E-state index in [2.05, 4.69) is 0 Å². The smallest absolute Gasteiger partial charge is 0.534 e. The molecule has 1 N–H and O–H groups in total. The molecule has 0 aliphatic carbocycles. The summed E-state index contributed by atoms with van der Waals surface area (Å²) in [6.07, 6.45) is 0. The Balaban J connectivity index is 0.000000230. The molecule has 18 heavy (non-hydrogen) atoms. The standard InChI is InChI=1S/C11H9O.C5H5.Ti/c12-11-8-4-7-10(11)9-5-2-1-3-6-9;1-2-4-5-3-1;/h1-8,12H;1-5H;/q2*-1;+2. The van der Waals surface area contributed by atoms with Gasteiger partial charge in [0.15, 0.2) is 0 Å². The van der Waals surface area contributed by atoms with Crippen LogP contribution in [-0.2, 0) is 21.7 Å². The van der Waals surface area contributed by atoms with Crippen LogP contribution in [0.4, 0.5) is 0 Å². The fourth-order valence-corrected chi connectivity index (χ4v) is 1.59. The van der Waals surface area contributed by atoms with Crippen molar-refractivity contribution in [3.63, 3.8) is 0 Å². The third-order valence-electron chi connectivity index (χ3n) is 2.43. The van der Waals surface area contributed by atoms with Crippen molar-refractivity contribution in [3.8, 4) is 16.9 Å². The molecule has 0 amide bonds. The Labute approximate surface area is 122 Å². The van der Waals surface area contributed by atoms with Gasteiger partial charge in [0.05, 0.1) is 0 Å². The average Bonchev–Trinajstić information content (AvgIpc) is 3.03. The van der Waals surface area contributed by atoms with Crippen molar-refractivity contribution in [1.29, 1.82) is 0 Å². The molecular weight excluding hydrogens is 256 g/mol. The molecule has 0 heterocycles. The van der Waals surface area contributed by atoms with E-state index in [9.17, 15) is 5.11 Å². The number of benzene rings is 1. The van der Waals surface area contributed by atoms with E-state index in [1.165, 1.54) is 0 Å². The summed E-state index contributed by atoms with van der Waals surface area (Å²) in [4.78, 5) is 0. The maximum Gasteiger partial charge on any atom is 2.00 e. The van der Waals surface area contributed by atoms with E-state index >= 15 is 0 Å². The summed E-state index contributed by atoms with van der Waals surface area (Å²) < 4.78 is 0. The van der Waals surface area contributed by atoms with Crippen LogP contribution >= 0.6 is 0 Å². The maximum atomic E-state index is 9.40. The van der Waals surface area contributed by atoms with Gasteiger partial charge >= 0.3 is 21.7 Å². The summed E-state index contributed by atoms with van der Waals surface area (Å²) in [5, 5.41) is 9.40. The topological polar surface area (TPSA) is 20.2 Å². The average molecular weight is 270 g/mol. The molecule has 1 nitrogen and oxygen atoms in total. The van der Waals surface area contributed by atoms with Crippen LogP contribution in [0.3, 0.4) is 0 Å². The van der Waals surface area contributed by atoms with Crippen molar-refractivity contribution >= 4 is 0 Å². The number of hydrogen-bond donors (Lipinski definition) is 1. The third kappa shape index (κ3) is 4.03. The molecule has 0 unspecified atom stereocenters. The van der Waals surface area contributed by atoms with E-state index < -0.39 is 0 Å². The fraction of sp³-hybridized carbons (Fsp3) is 0. The van der Waals surface area contributed by atoms with Crippen molar-refractivity contribution in [2.24, 2.45) is 0 Å². The summed E-state index contributed by atoms with van der Waals surface area (Å²) in [7, 11) is 0. The molecule has 3 rings (SSSR count). The molecule has 0 bridgehead atoms. The molecule has 88 valence electrons. The molecule has 0 spiro atoms. The summed E-state index contributed by atoms with van der Waals surface area (Å²) >= 11 is 0. The zero-order chi connectivity index (χ0) is 11.9. The first kappa shape index (κ1) is 14.5. The van der Waals surface area contributed by atoms with E-state index in [1.54, 1.807) is 6.07 Å². The van der Waals surface area contributed by atoms with Crippen LogP contribution in [0.25, 0.3) is 11.1 Å². The first-order chi connectivity index (χ1) is 8.38. The van der Waals surface area contributed by atoms with Crippen LogP contribution in [0.15, 0.2) is 78.9 Å². The quantitative estimate of drug-likeness (QED) is 0.519. The molecule has 0 aliphatic heterocycles. The van der Waals surface area contributed by atoms with Crippen molar-refractivity contribution in [3.05, 3.63) is 78.9 Å². The van der Waals surface area contributed by atoms with Crippen LogP contribution in [0.5, 0.6) is 5.75 Å². The number of aromatic hydroxyl groups is 1. The molecule has 0 radical (unpaired) electrons. The van der Waals surface area contributed by atoms with Crippen molar-refractivity contribution in [1.82, 2.24) is 0 Å². The van der Waals surface area contributed by atoms with Gasteiger partial charge in [-0.25, -0.2) is 18.2 Å². The molecule has 0 saturated carbocycles. The van der Waals surface area contributed by atoms with E-state index in [0.29, 0.717) is 5.75 Å². The van der Waals surface area contributed by atoms with Crippen molar-refractivity contribution in [2.45, 2.75) is 0 Å². The predicted octanol–water partition coefficient (Wildman–Crippen LogP) is 4.18. The Hall–Kier alpha value is -1.57. The predicted molar refractivity (Wildman–Crippen MR) is 71.2 cm³/mol. The van der Waals surface area contributed by atoms with Crippen molar-refractivity contribution < 1.29 is 26.8 Å². The van der Waals surface area contributed by atoms with E-state index in [4.69, 9.17) is 0 Å². The fourth-order valence-electron chi connectivity index (χ4n) is 1.59. The molecule has 0 fully saturated rings. The Morgan fingerprint density at radius 1 is 0.778 bits per heavy atom. The van der Waals surface area contributed by atoms with Gasteiger partial charge in [-0.2, -0.15) is 24.3 Å². The summed E-state index contributed by atoms with van der Waals surface area (Å²) in [5.41, 5.74) is 1.95. The molecule has 3 aromatic rings. The summed E-state index contributed by atoms with van der Waals surface area (Å²) in [6.45, 7) is 0. The monoisotopic (exact) mass is 270 g/mol. The Bertz CT molecular complexity index is 506.